The zero-order valence-electron chi connectivity index (χ0n) is 13.9. The van der Waals surface area contributed by atoms with Gasteiger partial charge in [-0.05, 0) is 31.0 Å². The molecule has 1 unspecified atom stereocenters. The number of rotatable bonds is 7. The summed E-state index contributed by atoms with van der Waals surface area (Å²) in [5.74, 6) is 0.242. The molecule has 2 nitrogen and oxygen atoms in total. The van der Waals surface area contributed by atoms with E-state index in [9.17, 15) is 30.7 Å². The molecule has 0 aliphatic rings. The lowest BCUT2D eigenvalue weighted by molar-refractivity contribution is -0.353. The van der Waals surface area contributed by atoms with Crippen molar-refractivity contribution in [3.8, 4) is 5.75 Å². The quantitative estimate of drug-likeness (QED) is 0.580. The molecule has 0 aliphatic heterocycles. The fraction of sp³-hybridized carbons (Fsp3) is 0.625. The third-order valence-corrected chi connectivity index (χ3v) is 3.85. The molecule has 0 bridgehead atoms. The van der Waals surface area contributed by atoms with E-state index in [0.717, 1.165) is 14.0 Å². The first kappa shape index (κ1) is 21.5. The first-order valence-corrected chi connectivity index (χ1v) is 7.41. The van der Waals surface area contributed by atoms with Crippen molar-refractivity contribution in [3.63, 3.8) is 0 Å². The number of hydrogen-bond acceptors (Lipinski definition) is 2. The highest BCUT2D eigenvalue weighted by molar-refractivity contribution is 5.33. The molecular formula is C16H19F7O2. The zero-order chi connectivity index (χ0) is 19.5. The van der Waals surface area contributed by atoms with E-state index in [-0.39, 0.29) is 11.3 Å². The van der Waals surface area contributed by atoms with Crippen LogP contribution in [0.5, 0.6) is 5.75 Å². The monoisotopic (exact) mass is 376 g/mol. The largest absolute Gasteiger partial charge is 0.494 e. The predicted octanol–water partition coefficient (Wildman–Crippen LogP) is 5.56. The second-order valence-electron chi connectivity index (χ2n) is 5.78. The van der Waals surface area contributed by atoms with Gasteiger partial charge in [0.15, 0.2) is 0 Å². The standard InChI is InChI=1S/C16H19F7O2/c1-4-8-25-12-7-5-6-11(9-12)13(2,24-3)10-14(17,15(18,19)20)16(21,22)23/h5-7,9H,4,8,10H2,1-3H3. The van der Waals surface area contributed by atoms with Gasteiger partial charge in [-0.2, -0.15) is 26.3 Å². The van der Waals surface area contributed by atoms with Crippen molar-refractivity contribution < 1.29 is 40.2 Å². The van der Waals surface area contributed by atoms with Crippen molar-refractivity contribution in [1.29, 1.82) is 0 Å². The van der Waals surface area contributed by atoms with E-state index in [1.807, 2.05) is 6.92 Å². The number of methoxy groups -OCH3 is 1. The summed E-state index contributed by atoms with van der Waals surface area (Å²) in [6.07, 6.45) is -13.6. The van der Waals surface area contributed by atoms with Crippen LogP contribution in [-0.2, 0) is 10.3 Å². The van der Waals surface area contributed by atoms with E-state index in [1.54, 1.807) is 0 Å². The summed E-state index contributed by atoms with van der Waals surface area (Å²) >= 11 is 0. The van der Waals surface area contributed by atoms with Crippen LogP contribution in [0.2, 0.25) is 0 Å². The second-order valence-corrected chi connectivity index (χ2v) is 5.78. The van der Waals surface area contributed by atoms with Crippen molar-refractivity contribution in [2.24, 2.45) is 0 Å². The highest BCUT2D eigenvalue weighted by Crippen LogP contribution is 2.52. The van der Waals surface area contributed by atoms with Gasteiger partial charge in [0.1, 0.15) is 5.75 Å². The lowest BCUT2D eigenvalue weighted by atomic mass is 9.83. The molecule has 0 amide bonds. The molecule has 0 N–H and O–H groups in total. The minimum atomic E-state index is -6.14. The predicted molar refractivity (Wildman–Crippen MR) is 77.2 cm³/mol. The number of ether oxygens (including phenoxy) is 2. The Labute approximate surface area is 140 Å². The highest BCUT2D eigenvalue weighted by Gasteiger charge is 2.74. The number of hydrogen-bond donors (Lipinski definition) is 0. The second kappa shape index (κ2) is 7.39. The van der Waals surface area contributed by atoms with Gasteiger partial charge in [0.25, 0.3) is 0 Å². The van der Waals surface area contributed by atoms with Gasteiger partial charge in [0, 0.05) is 13.5 Å². The normalized spacial score (nSPS) is 15.8. The Morgan fingerprint density at radius 3 is 1.96 bits per heavy atom. The molecule has 1 rings (SSSR count). The summed E-state index contributed by atoms with van der Waals surface area (Å²) in [5, 5.41) is 0. The summed E-state index contributed by atoms with van der Waals surface area (Å²) in [7, 11) is 0.923. The lowest BCUT2D eigenvalue weighted by Crippen LogP contribution is -2.56. The minimum absolute atomic E-state index is 0.0564. The summed E-state index contributed by atoms with van der Waals surface area (Å²) in [6, 6.07) is 5.38. The van der Waals surface area contributed by atoms with Crippen LogP contribution in [0.25, 0.3) is 0 Å². The Bertz CT molecular complexity index is 554. The summed E-state index contributed by atoms with van der Waals surface area (Å²) < 4.78 is 101. The molecule has 0 radical (unpaired) electrons. The SMILES string of the molecule is CCCOc1cccc(C(C)(CC(F)(C(F)(F)F)C(F)(F)F)OC)c1. The van der Waals surface area contributed by atoms with Crippen molar-refractivity contribution in [2.45, 2.75) is 50.3 Å². The Morgan fingerprint density at radius 1 is 0.960 bits per heavy atom. The van der Waals surface area contributed by atoms with Gasteiger partial charge < -0.3 is 9.47 Å². The molecule has 0 aromatic heterocycles. The van der Waals surface area contributed by atoms with E-state index < -0.39 is 30.0 Å². The van der Waals surface area contributed by atoms with E-state index in [4.69, 9.17) is 9.47 Å². The van der Waals surface area contributed by atoms with E-state index in [2.05, 4.69) is 0 Å². The molecule has 0 aliphatic carbocycles. The van der Waals surface area contributed by atoms with Gasteiger partial charge in [-0.3, -0.25) is 0 Å². The summed E-state index contributed by atoms with van der Waals surface area (Å²) in [6.45, 7) is 3.11. The smallest absolute Gasteiger partial charge is 0.431 e. The third-order valence-electron chi connectivity index (χ3n) is 3.85. The van der Waals surface area contributed by atoms with Gasteiger partial charge in [-0.15, -0.1) is 0 Å². The molecule has 9 heteroatoms. The summed E-state index contributed by atoms with van der Waals surface area (Å²) in [5.41, 5.74) is -7.64. The minimum Gasteiger partial charge on any atom is -0.494 e. The Morgan fingerprint density at radius 2 is 1.52 bits per heavy atom. The maximum Gasteiger partial charge on any atom is 0.431 e. The lowest BCUT2D eigenvalue weighted by Gasteiger charge is -2.38. The molecule has 0 fully saturated rings. The van der Waals surface area contributed by atoms with Crippen LogP contribution in [0, 0.1) is 0 Å². The Kier molecular flexibility index (Phi) is 6.36. The van der Waals surface area contributed by atoms with Crippen molar-refractivity contribution in [1.82, 2.24) is 0 Å². The average Bonchev–Trinajstić information content (AvgIpc) is 2.50. The Balaban J connectivity index is 3.30. The third kappa shape index (κ3) is 4.56. The van der Waals surface area contributed by atoms with Gasteiger partial charge in [-0.25, -0.2) is 4.39 Å². The maximum atomic E-state index is 14.1. The van der Waals surface area contributed by atoms with E-state index in [0.29, 0.717) is 13.0 Å². The van der Waals surface area contributed by atoms with Gasteiger partial charge in [-0.1, -0.05) is 19.1 Å². The van der Waals surface area contributed by atoms with E-state index >= 15 is 0 Å². The molecule has 0 saturated carbocycles. The van der Waals surface area contributed by atoms with Crippen LogP contribution in [-0.4, -0.2) is 31.7 Å². The highest BCUT2D eigenvalue weighted by atomic mass is 19.4. The average molecular weight is 376 g/mol. The molecule has 1 aromatic rings. The first-order chi connectivity index (χ1) is 11.3. The van der Waals surface area contributed by atoms with Crippen LogP contribution >= 0.6 is 0 Å². The number of halogens is 7. The number of alkyl halides is 7. The van der Waals surface area contributed by atoms with Crippen LogP contribution < -0.4 is 4.74 Å². The van der Waals surface area contributed by atoms with Crippen LogP contribution in [0.1, 0.15) is 32.3 Å². The molecule has 0 heterocycles. The van der Waals surface area contributed by atoms with Gasteiger partial charge >= 0.3 is 18.0 Å². The zero-order valence-corrected chi connectivity index (χ0v) is 13.9. The fourth-order valence-corrected chi connectivity index (χ4v) is 2.25. The first-order valence-electron chi connectivity index (χ1n) is 7.41. The molecule has 0 spiro atoms. The van der Waals surface area contributed by atoms with Gasteiger partial charge in [0.05, 0.1) is 12.2 Å². The Hall–Kier alpha value is -1.51. The maximum absolute atomic E-state index is 14.1. The summed E-state index contributed by atoms with van der Waals surface area (Å²) in [4.78, 5) is 0. The molecule has 25 heavy (non-hydrogen) atoms. The topological polar surface area (TPSA) is 18.5 Å². The molecule has 0 saturated heterocycles. The van der Waals surface area contributed by atoms with Crippen LogP contribution in [0.4, 0.5) is 30.7 Å². The number of benzene rings is 1. The van der Waals surface area contributed by atoms with Crippen molar-refractivity contribution in [3.05, 3.63) is 29.8 Å². The van der Waals surface area contributed by atoms with Crippen molar-refractivity contribution in [2.75, 3.05) is 13.7 Å². The molecular weight excluding hydrogens is 357 g/mol. The van der Waals surface area contributed by atoms with Crippen LogP contribution in [0.15, 0.2) is 24.3 Å². The fourth-order valence-electron chi connectivity index (χ4n) is 2.25. The van der Waals surface area contributed by atoms with Crippen molar-refractivity contribution >= 4 is 0 Å². The van der Waals surface area contributed by atoms with Crippen LogP contribution in [0.3, 0.4) is 0 Å². The molecule has 144 valence electrons. The molecule has 1 atom stereocenters. The van der Waals surface area contributed by atoms with Gasteiger partial charge in [0.2, 0.25) is 0 Å². The van der Waals surface area contributed by atoms with E-state index in [1.165, 1.54) is 24.3 Å². The molecule has 1 aromatic carbocycles.